The molecule has 0 aromatic carbocycles. The van der Waals surface area contributed by atoms with E-state index < -0.39 is 0 Å². The van der Waals surface area contributed by atoms with E-state index in [2.05, 4.69) is 20.3 Å². The highest BCUT2D eigenvalue weighted by molar-refractivity contribution is 5.89. The van der Waals surface area contributed by atoms with Crippen molar-refractivity contribution in [2.45, 2.75) is 6.92 Å². The Morgan fingerprint density at radius 2 is 2.36 bits per heavy atom. The average Bonchev–Trinajstić information content (AvgIpc) is 2.50. The first kappa shape index (κ1) is 8.49. The van der Waals surface area contributed by atoms with Gasteiger partial charge in [0.05, 0.1) is 11.8 Å². The summed E-state index contributed by atoms with van der Waals surface area (Å²) in [5.74, 6) is 0.124. The summed E-state index contributed by atoms with van der Waals surface area (Å²) in [7, 11) is 0. The Labute approximate surface area is 78.4 Å². The van der Waals surface area contributed by atoms with Gasteiger partial charge in [0.15, 0.2) is 5.52 Å². The van der Waals surface area contributed by atoms with Crippen LogP contribution >= 0.6 is 0 Å². The first-order chi connectivity index (χ1) is 6.66. The topological polar surface area (TPSA) is 90.6 Å². The van der Waals surface area contributed by atoms with Crippen molar-refractivity contribution in [2.24, 2.45) is 0 Å². The van der Waals surface area contributed by atoms with E-state index >= 15 is 0 Å². The number of aromatic amines is 2. The fourth-order valence-corrected chi connectivity index (χ4v) is 1.21. The van der Waals surface area contributed by atoms with E-state index in [1.807, 2.05) is 0 Å². The van der Waals surface area contributed by atoms with Gasteiger partial charge >= 0.3 is 0 Å². The molecule has 0 spiro atoms. The lowest BCUT2D eigenvalue weighted by molar-refractivity contribution is -0.114. The van der Waals surface area contributed by atoms with E-state index in [1.54, 1.807) is 6.07 Å². The molecule has 0 saturated carbocycles. The normalized spacial score (nSPS) is 10.4. The summed E-state index contributed by atoms with van der Waals surface area (Å²) in [5, 5.41) is 2.49. The molecule has 2 heterocycles. The fraction of sp³-hybridized carbons (Fsp3) is 0.125. The van der Waals surface area contributed by atoms with E-state index in [0.29, 0.717) is 16.9 Å². The van der Waals surface area contributed by atoms with Crippen molar-refractivity contribution in [1.29, 1.82) is 0 Å². The Morgan fingerprint density at radius 1 is 1.57 bits per heavy atom. The van der Waals surface area contributed by atoms with Crippen LogP contribution in [0.5, 0.6) is 0 Å². The van der Waals surface area contributed by atoms with Crippen LogP contribution in [0.15, 0.2) is 17.2 Å². The van der Waals surface area contributed by atoms with Gasteiger partial charge in [-0.2, -0.15) is 0 Å². The van der Waals surface area contributed by atoms with Crippen molar-refractivity contribution in [3.63, 3.8) is 0 Å². The summed E-state index contributed by atoms with van der Waals surface area (Å²) in [5.41, 5.74) is 0.601. The zero-order valence-electron chi connectivity index (χ0n) is 7.42. The zero-order chi connectivity index (χ0) is 10.1. The molecule has 2 rings (SSSR count). The van der Waals surface area contributed by atoms with Crippen LogP contribution in [-0.2, 0) is 4.79 Å². The maximum Gasteiger partial charge on any atom is 0.277 e. The minimum Gasteiger partial charge on any atom is -0.344 e. The second-order valence-electron chi connectivity index (χ2n) is 2.86. The standard InChI is InChI=1S/C8H8N4O2/c1-4(13)11-6-2-5-7(8(14)12-6)10-3-9-5/h2-3H,1H3,(H,9,10)(H2,11,12,13,14). The molecule has 0 bridgehead atoms. The van der Waals surface area contributed by atoms with Gasteiger partial charge in [0.25, 0.3) is 5.56 Å². The summed E-state index contributed by atoms with van der Waals surface area (Å²) in [6.45, 7) is 1.37. The predicted molar refractivity (Wildman–Crippen MR) is 51.0 cm³/mol. The smallest absolute Gasteiger partial charge is 0.277 e. The van der Waals surface area contributed by atoms with Gasteiger partial charge in [0, 0.05) is 13.0 Å². The molecule has 6 nitrogen and oxygen atoms in total. The molecular formula is C8H8N4O2. The molecule has 2 aromatic heterocycles. The molecule has 2 aromatic rings. The number of rotatable bonds is 1. The molecule has 72 valence electrons. The zero-order valence-corrected chi connectivity index (χ0v) is 7.42. The fourth-order valence-electron chi connectivity index (χ4n) is 1.21. The van der Waals surface area contributed by atoms with E-state index in [4.69, 9.17) is 0 Å². The van der Waals surface area contributed by atoms with E-state index in [1.165, 1.54) is 13.3 Å². The predicted octanol–water partition coefficient (Wildman–Crippen LogP) is 0.210. The van der Waals surface area contributed by atoms with Crippen molar-refractivity contribution in [3.8, 4) is 0 Å². The van der Waals surface area contributed by atoms with Crippen molar-refractivity contribution in [1.82, 2.24) is 15.0 Å². The van der Waals surface area contributed by atoms with Gasteiger partial charge in [-0.25, -0.2) is 4.98 Å². The monoisotopic (exact) mass is 192 g/mol. The lowest BCUT2D eigenvalue weighted by Gasteiger charge is -2.00. The summed E-state index contributed by atoms with van der Waals surface area (Å²) < 4.78 is 0. The van der Waals surface area contributed by atoms with Gasteiger partial charge in [-0.3, -0.25) is 9.59 Å². The van der Waals surface area contributed by atoms with Gasteiger partial charge in [-0.1, -0.05) is 0 Å². The number of carbonyl (C=O) groups is 1. The number of H-pyrrole nitrogens is 2. The van der Waals surface area contributed by atoms with Crippen molar-refractivity contribution < 1.29 is 4.79 Å². The van der Waals surface area contributed by atoms with Crippen LogP contribution in [0.1, 0.15) is 6.92 Å². The first-order valence-electron chi connectivity index (χ1n) is 4.01. The molecule has 0 fully saturated rings. The number of anilines is 1. The van der Waals surface area contributed by atoms with Gasteiger partial charge in [0.2, 0.25) is 5.91 Å². The van der Waals surface area contributed by atoms with Crippen molar-refractivity contribution in [3.05, 3.63) is 22.7 Å². The highest BCUT2D eigenvalue weighted by Crippen LogP contribution is 2.07. The van der Waals surface area contributed by atoms with Crippen LogP contribution in [0.2, 0.25) is 0 Å². The van der Waals surface area contributed by atoms with E-state index in [-0.39, 0.29) is 11.5 Å². The van der Waals surface area contributed by atoms with Crippen LogP contribution in [0.3, 0.4) is 0 Å². The molecule has 3 N–H and O–H groups in total. The van der Waals surface area contributed by atoms with Gasteiger partial charge in [-0.05, 0) is 0 Å². The van der Waals surface area contributed by atoms with Crippen LogP contribution < -0.4 is 10.9 Å². The van der Waals surface area contributed by atoms with E-state index in [0.717, 1.165) is 0 Å². The number of amides is 1. The molecule has 0 unspecified atom stereocenters. The molecule has 14 heavy (non-hydrogen) atoms. The van der Waals surface area contributed by atoms with Crippen LogP contribution in [0.25, 0.3) is 11.0 Å². The lowest BCUT2D eigenvalue weighted by Crippen LogP contribution is -2.13. The number of hydrogen-bond acceptors (Lipinski definition) is 3. The molecular weight excluding hydrogens is 184 g/mol. The second-order valence-corrected chi connectivity index (χ2v) is 2.86. The van der Waals surface area contributed by atoms with Crippen LogP contribution in [0, 0.1) is 0 Å². The maximum absolute atomic E-state index is 11.4. The Bertz CT molecular complexity index is 540. The number of fused-ring (bicyclic) bond motifs is 1. The molecule has 0 radical (unpaired) electrons. The Morgan fingerprint density at radius 3 is 3.07 bits per heavy atom. The lowest BCUT2D eigenvalue weighted by atomic mass is 10.4. The summed E-state index contributed by atoms with van der Waals surface area (Å²) in [6, 6.07) is 1.62. The Balaban J connectivity index is 2.58. The molecule has 0 aliphatic carbocycles. The largest absolute Gasteiger partial charge is 0.344 e. The Hall–Kier alpha value is -2.11. The van der Waals surface area contributed by atoms with Crippen molar-refractivity contribution >= 4 is 22.8 Å². The maximum atomic E-state index is 11.4. The van der Waals surface area contributed by atoms with Crippen LogP contribution in [-0.4, -0.2) is 20.9 Å². The first-order valence-corrected chi connectivity index (χ1v) is 4.01. The average molecular weight is 192 g/mol. The number of nitrogens with one attached hydrogen (secondary N) is 3. The molecule has 0 atom stereocenters. The third-order valence-corrected chi connectivity index (χ3v) is 1.73. The highest BCUT2D eigenvalue weighted by Gasteiger charge is 2.04. The van der Waals surface area contributed by atoms with Crippen molar-refractivity contribution in [2.75, 3.05) is 5.32 Å². The summed E-state index contributed by atoms with van der Waals surface area (Å²) in [6.07, 6.45) is 1.43. The molecule has 6 heteroatoms. The molecule has 0 aliphatic rings. The van der Waals surface area contributed by atoms with E-state index in [9.17, 15) is 9.59 Å². The number of carbonyl (C=O) groups excluding carboxylic acids is 1. The SMILES string of the molecule is CC(=O)Nc1cc2[nH]cnc2c(=O)[nH]1. The third-order valence-electron chi connectivity index (χ3n) is 1.73. The summed E-state index contributed by atoms with van der Waals surface area (Å²) in [4.78, 5) is 31.2. The summed E-state index contributed by atoms with van der Waals surface area (Å²) >= 11 is 0. The number of nitrogens with zero attached hydrogens (tertiary/aromatic N) is 1. The number of aromatic nitrogens is 3. The number of hydrogen-bond donors (Lipinski definition) is 3. The van der Waals surface area contributed by atoms with Gasteiger partial charge < -0.3 is 15.3 Å². The molecule has 1 amide bonds. The third kappa shape index (κ3) is 1.37. The minimum atomic E-state index is -0.326. The molecule has 0 saturated heterocycles. The quantitative estimate of drug-likeness (QED) is 0.603. The second kappa shape index (κ2) is 2.99. The minimum absolute atomic E-state index is 0.237. The number of imidazole rings is 1. The Kier molecular flexibility index (Phi) is 1.81. The van der Waals surface area contributed by atoms with Gasteiger partial charge in [-0.15, -0.1) is 0 Å². The number of pyridine rings is 1. The van der Waals surface area contributed by atoms with Crippen LogP contribution in [0.4, 0.5) is 5.82 Å². The van der Waals surface area contributed by atoms with Gasteiger partial charge in [0.1, 0.15) is 5.82 Å². The molecule has 0 aliphatic heterocycles. The highest BCUT2D eigenvalue weighted by atomic mass is 16.1.